The summed E-state index contributed by atoms with van der Waals surface area (Å²) >= 11 is 2.87. The van der Waals surface area contributed by atoms with Gasteiger partial charge in [0, 0.05) is 0 Å². The molecule has 1 unspecified atom stereocenters. The average molecular weight is 277 g/mol. The zero-order valence-corrected chi connectivity index (χ0v) is 9.58. The molecule has 0 aliphatic carbocycles. The monoisotopic (exact) mass is 276 g/mol. The Morgan fingerprint density at radius 1 is 1.60 bits per heavy atom. The van der Waals surface area contributed by atoms with Crippen LogP contribution in [-0.2, 0) is 4.79 Å². The van der Waals surface area contributed by atoms with Crippen molar-refractivity contribution in [1.29, 1.82) is 0 Å². The van der Waals surface area contributed by atoms with Gasteiger partial charge in [-0.05, 0) is 39.5 Å². The zero-order chi connectivity index (χ0) is 11.6. The molecule has 0 aromatic heterocycles. The van der Waals surface area contributed by atoms with Crippen molar-refractivity contribution in [2.24, 2.45) is 0 Å². The predicted octanol–water partition coefficient (Wildman–Crippen LogP) is 2.87. The summed E-state index contributed by atoms with van der Waals surface area (Å²) in [5.74, 6) is -2.11. The molecule has 1 atom stereocenters. The maximum Gasteiger partial charge on any atom is 0.303 e. The van der Waals surface area contributed by atoms with Crippen molar-refractivity contribution < 1.29 is 19.4 Å². The van der Waals surface area contributed by atoms with Gasteiger partial charge in [0.2, 0.25) is 0 Å². The minimum Gasteiger partial charge on any atom is -0.507 e. The van der Waals surface area contributed by atoms with E-state index in [1.54, 1.807) is 6.92 Å². The van der Waals surface area contributed by atoms with Crippen molar-refractivity contribution in [3.8, 4) is 5.75 Å². The fourth-order valence-corrected chi connectivity index (χ4v) is 1.49. The molecular formula is C10H10BrFO3. The number of halogens is 2. The summed E-state index contributed by atoms with van der Waals surface area (Å²) in [4.78, 5) is 10.5. The van der Waals surface area contributed by atoms with Gasteiger partial charge in [0.25, 0.3) is 0 Å². The molecule has 82 valence electrons. The Morgan fingerprint density at radius 3 is 2.67 bits per heavy atom. The van der Waals surface area contributed by atoms with E-state index in [0.29, 0.717) is 5.56 Å². The van der Waals surface area contributed by atoms with E-state index < -0.39 is 11.8 Å². The molecule has 0 heterocycles. The lowest BCUT2D eigenvalue weighted by Gasteiger charge is -2.10. The number of carbonyl (C=O) groups is 1. The van der Waals surface area contributed by atoms with Gasteiger partial charge < -0.3 is 10.2 Å². The maximum absolute atomic E-state index is 13.2. The molecule has 0 saturated carbocycles. The largest absolute Gasteiger partial charge is 0.507 e. The van der Waals surface area contributed by atoms with E-state index in [1.165, 1.54) is 12.1 Å². The van der Waals surface area contributed by atoms with Gasteiger partial charge in [-0.15, -0.1) is 0 Å². The summed E-state index contributed by atoms with van der Waals surface area (Å²) in [6.45, 7) is 1.66. The van der Waals surface area contributed by atoms with Crippen LogP contribution >= 0.6 is 15.9 Å². The van der Waals surface area contributed by atoms with Crippen molar-refractivity contribution in [2.45, 2.75) is 19.3 Å². The molecule has 0 bridgehead atoms. The Kier molecular flexibility index (Phi) is 3.68. The molecule has 5 heteroatoms. The first kappa shape index (κ1) is 12.0. The molecule has 0 spiro atoms. The van der Waals surface area contributed by atoms with Gasteiger partial charge in [0.1, 0.15) is 11.6 Å². The van der Waals surface area contributed by atoms with Crippen LogP contribution in [0.2, 0.25) is 0 Å². The highest BCUT2D eigenvalue weighted by Gasteiger charge is 2.14. The Labute approximate surface area is 94.7 Å². The number of carboxylic acids is 1. The van der Waals surface area contributed by atoms with E-state index in [-0.39, 0.29) is 22.6 Å². The Morgan fingerprint density at radius 2 is 2.20 bits per heavy atom. The fourth-order valence-electron chi connectivity index (χ4n) is 1.26. The third kappa shape index (κ3) is 2.92. The van der Waals surface area contributed by atoms with E-state index in [9.17, 15) is 14.3 Å². The van der Waals surface area contributed by atoms with Gasteiger partial charge in [0.05, 0.1) is 10.9 Å². The summed E-state index contributed by atoms with van der Waals surface area (Å²) in [6.07, 6.45) is -0.0967. The molecule has 1 aromatic rings. The molecule has 2 N–H and O–H groups in total. The summed E-state index contributed by atoms with van der Waals surface area (Å²) in [6, 6.07) is 2.58. The van der Waals surface area contributed by atoms with Crippen molar-refractivity contribution in [1.82, 2.24) is 0 Å². The van der Waals surface area contributed by atoms with Crippen molar-refractivity contribution in [3.63, 3.8) is 0 Å². The number of carboxylic acid groups (broad SMARTS) is 1. The number of aromatic hydroxyl groups is 1. The quantitative estimate of drug-likeness (QED) is 0.893. The molecule has 0 aliphatic heterocycles. The molecule has 0 radical (unpaired) electrons. The molecule has 0 amide bonds. The van der Waals surface area contributed by atoms with Crippen LogP contribution in [-0.4, -0.2) is 16.2 Å². The Hall–Kier alpha value is -1.10. The SMILES string of the molecule is CC(CC(=O)O)c1cc(O)c(Br)c(F)c1. The molecular weight excluding hydrogens is 267 g/mol. The lowest BCUT2D eigenvalue weighted by Crippen LogP contribution is -2.03. The fraction of sp³-hybridized carbons (Fsp3) is 0.300. The highest BCUT2D eigenvalue weighted by atomic mass is 79.9. The molecule has 0 fully saturated rings. The van der Waals surface area contributed by atoms with Gasteiger partial charge >= 0.3 is 5.97 Å². The van der Waals surface area contributed by atoms with Crippen LogP contribution in [0.3, 0.4) is 0 Å². The first-order valence-electron chi connectivity index (χ1n) is 4.31. The van der Waals surface area contributed by atoms with Gasteiger partial charge in [-0.3, -0.25) is 4.79 Å². The second kappa shape index (κ2) is 4.61. The molecule has 1 rings (SSSR count). The van der Waals surface area contributed by atoms with Crippen molar-refractivity contribution in [3.05, 3.63) is 28.0 Å². The highest BCUT2D eigenvalue weighted by Crippen LogP contribution is 2.31. The van der Waals surface area contributed by atoms with Crippen LogP contribution in [0.25, 0.3) is 0 Å². The molecule has 0 aliphatic rings. The average Bonchev–Trinajstić information content (AvgIpc) is 2.12. The predicted molar refractivity (Wildman–Crippen MR) is 56.4 cm³/mol. The third-order valence-corrected chi connectivity index (χ3v) is 2.87. The number of phenolic OH excluding ortho intramolecular Hbond substituents is 1. The Balaban J connectivity index is 3.00. The summed E-state index contributed by atoms with van der Waals surface area (Å²) in [5, 5.41) is 17.9. The van der Waals surface area contributed by atoms with Gasteiger partial charge in [-0.2, -0.15) is 0 Å². The Bertz CT molecular complexity index is 369. The standard InChI is InChI=1S/C10H10BrFO3/c1-5(2-9(14)15)6-3-7(12)10(11)8(13)4-6/h3-5,13H,2H2,1H3,(H,14,15). The normalized spacial score (nSPS) is 12.5. The van der Waals surface area contributed by atoms with Crippen LogP contribution in [0.1, 0.15) is 24.8 Å². The molecule has 15 heavy (non-hydrogen) atoms. The van der Waals surface area contributed by atoms with Crippen LogP contribution < -0.4 is 0 Å². The van der Waals surface area contributed by atoms with Crippen molar-refractivity contribution >= 4 is 21.9 Å². The molecule has 1 aromatic carbocycles. The minimum absolute atomic E-state index is 0.00576. The van der Waals surface area contributed by atoms with E-state index in [0.717, 1.165) is 0 Å². The van der Waals surface area contributed by atoms with Crippen LogP contribution in [0, 0.1) is 5.82 Å². The number of aliphatic carboxylic acids is 1. The summed E-state index contributed by atoms with van der Waals surface area (Å²) in [5.41, 5.74) is 0.468. The second-order valence-corrected chi connectivity index (χ2v) is 4.13. The number of hydrogen-bond acceptors (Lipinski definition) is 2. The summed E-state index contributed by atoms with van der Waals surface area (Å²) < 4.78 is 13.2. The van der Waals surface area contributed by atoms with Gasteiger partial charge in [0.15, 0.2) is 0 Å². The lowest BCUT2D eigenvalue weighted by atomic mass is 9.97. The third-order valence-electron chi connectivity index (χ3n) is 2.08. The van der Waals surface area contributed by atoms with E-state index in [2.05, 4.69) is 15.9 Å². The molecule has 0 saturated heterocycles. The van der Waals surface area contributed by atoms with E-state index >= 15 is 0 Å². The highest BCUT2D eigenvalue weighted by molar-refractivity contribution is 9.10. The van der Waals surface area contributed by atoms with E-state index in [4.69, 9.17) is 5.11 Å². The first-order chi connectivity index (χ1) is 6.91. The van der Waals surface area contributed by atoms with Crippen molar-refractivity contribution in [2.75, 3.05) is 0 Å². The zero-order valence-electron chi connectivity index (χ0n) is 8.00. The smallest absolute Gasteiger partial charge is 0.303 e. The number of rotatable bonds is 3. The van der Waals surface area contributed by atoms with Crippen LogP contribution in [0.5, 0.6) is 5.75 Å². The summed E-state index contributed by atoms with van der Waals surface area (Å²) in [7, 11) is 0. The van der Waals surface area contributed by atoms with Crippen LogP contribution in [0.15, 0.2) is 16.6 Å². The van der Waals surface area contributed by atoms with Gasteiger partial charge in [-0.1, -0.05) is 6.92 Å². The first-order valence-corrected chi connectivity index (χ1v) is 5.10. The molecule has 3 nitrogen and oxygen atoms in total. The van der Waals surface area contributed by atoms with Gasteiger partial charge in [-0.25, -0.2) is 4.39 Å². The number of phenols is 1. The number of benzene rings is 1. The van der Waals surface area contributed by atoms with E-state index in [1.807, 2.05) is 0 Å². The number of hydrogen-bond donors (Lipinski definition) is 2. The topological polar surface area (TPSA) is 57.5 Å². The second-order valence-electron chi connectivity index (χ2n) is 3.33. The minimum atomic E-state index is -0.953. The van der Waals surface area contributed by atoms with Crippen LogP contribution in [0.4, 0.5) is 4.39 Å². The maximum atomic E-state index is 13.2. The lowest BCUT2D eigenvalue weighted by molar-refractivity contribution is -0.137.